The van der Waals surface area contributed by atoms with Gasteiger partial charge in [0.25, 0.3) is 0 Å². The Hall–Kier alpha value is -2.22. The van der Waals surface area contributed by atoms with E-state index in [0.717, 1.165) is 16.7 Å². The number of hydrogen-bond acceptors (Lipinski definition) is 2. The maximum Gasteiger partial charge on any atom is 0.112 e. The Kier molecular flexibility index (Phi) is 6.88. The minimum absolute atomic E-state index is 0.579. The molecule has 19 heavy (non-hydrogen) atoms. The van der Waals surface area contributed by atoms with Crippen molar-refractivity contribution < 1.29 is 4.74 Å². The molecule has 0 atom stereocenters. The van der Waals surface area contributed by atoms with Gasteiger partial charge in [-0.3, -0.25) is 0 Å². The van der Waals surface area contributed by atoms with E-state index in [0.29, 0.717) is 6.61 Å². The molecule has 1 aromatic carbocycles. The summed E-state index contributed by atoms with van der Waals surface area (Å²) in [5.41, 5.74) is 8.78. The molecule has 0 saturated heterocycles. The molecule has 0 fully saturated rings. The second-order valence-corrected chi connectivity index (χ2v) is 4.10. The molecule has 0 aliphatic heterocycles. The van der Waals surface area contributed by atoms with Crippen LogP contribution in [0.15, 0.2) is 78.2 Å². The third-order valence-corrected chi connectivity index (χ3v) is 2.59. The van der Waals surface area contributed by atoms with Crippen molar-refractivity contribution in [3.63, 3.8) is 0 Å². The Bertz CT molecular complexity index is 481. The van der Waals surface area contributed by atoms with Gasteiger partial charge in [-0.15, -0.1) is 0 Å². The van der Waals surface area contributed by atoms with Crippen LogP contribution in [0.4, 0.5) is 0 Å². The Labute approximate surface area is 115 Å². The van der Waals surface area contributed by atoms with Crippen LogP contribution >= 0.6 is 0 Å². The van der Waals surface area contributed by atoms with Crippen LogP contribution in [0.25, 0.3) is 0 Å². The zero-order valence-electron chi connectivity index (χ0n) is 11.5. The Balaban J connectivity index is 2.52. The molecule has 0 amide bonds. The molecule has 2 N–H and O–H groups in total. The largest absolute Gasteiger partial charge is 0.497 e. The average molecular weight is 255 g/mol. The molecule has 0 saturated carbocycles. The lowest BCUT2D eigenvalue weighted by molar-refractivity contribution is 0.236. The first-order valence-corrected chi connectivity index (χ1v) is 6.32. The normalized spacial score (nSPS) is 13.4. The predicted molar refractivity (Wildman–Crippen MR) is 81.2 cm³/mol. The molecular weight excluding hydrogens is 234 g/mol. The van der Waals surface area contributed by atoms with Gasteiger partial charge in [-0.25, -0.2) is 0 Å². The van der Waals surface area contributed by atoms with Gasteiger partial charge in [0, 0.05) is 0 Å². The molecular formula is C17H21NO. The standard InChI is InChI=1S/C17H21NO/c1-3-8-17(15(2)13-18)11-7-12-19-14-16-9-5-4-6-10-16/h3-13H,14,18H2,1-2H3/b8-3-,12-7+,15-13+,17-11+. The third-order valence-electron chi connectivity index (χ3n) is 2.59. The summed E-state index contributed by atoms with van der Waals surface area (Å²) >= 11 is 0. The van der Waals surface area contributed by atoms with Gasteiger partial charge in [0.05, 0.1) is 6.26 Å². The van der Waals surface area contributed by atoms with Crippen LogP contribution < -0.4 is 5.73 Å². The van der Waals surface area contributed by atoms with E-state index in [9.17, 15) is 0 Å². The molecule has 2 nitrogen and oxygen atoms in total. The van der Waals surface area contributed by atoms with Gasteiger partial charge in [0.2, 0.25) is 0 Å². The summed E-state index contributed by atoms with van der Waals surface area (Å²) in [6.45, 7) is 4.54. The van der Waals surface area contributed by atoms with E-state index in [-0.39, 0.29) is 0 Å². The molecule has 0 bridgehead atoms. The predicted octanol–water partition coefficient (Wildman–Crippen LogP) is 4.08. The average Bonchev–Trinajstić information content (AvgIpc) is 2.46. The van der Waals surface area contributed by atoms with Crippen LogP contribution in [0.1, 0.15) is 19.4 Å². The zero-order chi connectivity index (χ0) is 13.9. The topological polar surface area (TPSA) is 35.2 Å². The molecule has 0 radical (unpaired) electrons. The lowest BCUT2D eigenvalue weighted by atomic mass is 10.1. The summed E-state index contributed by atoms with van der Waals surface area (Å²) in [4.78, 5) is 0. The van der Waals surface area contributed by atoms with Crippen molar-refractivity contribution in [3.8, 4) is 0 Å². The van der Waals surface area contributed by atoms with Crippen LogP contribution in [0.2, 0.25) is 0 Å². The first kappa shape index (κ1) is 14.8. The molecule has 0 spiro atoms. The minimum atomic E-state index is 0.579. The molecule has 100 valence electrons. The first-order valence-electron chi connectivity index (χ1n) is 6.32. The van der Waals surface area contributed by atoms with Gasteiger partial charge in [0.1, 0.15) is 6.61 Å². The SMILES string of the molecule is C\C=C/C(=C\C=C\OCc1ccccc1)C(/C)=C/N. The number of allylic oxidation sites excluding steroid dienone is 6. The van der Waals surface area contributed by atoms with Crippen LogP contribution in [-0.2, 0) is 11.3 Å². The zero-order valence-corrected chi connectivity index (χ0v) is 11.5. The van der Waals surface area contributed by atoms with Crippen LogP contribution in [0.3, 0.4) is 0 Å². The molecule has 0 aliphatic carbocycles. The molecule has 1 aromatic rings. The van der Waals surface area contributed by atoms with E-state index in [1.807, 2.05) is 68.5 Å². The smallest absolute Gasteiger partial charge is 0.112 e. The first-order chi connectivity index (χ1) is 9.27. The highest BCUT2D eigenvalue weighted by atomic mass is 16.5. The van der Waals surface area contributed by atoms with E-state index < -0.39 is 0 Å². The van der Waals surface area contributed by atoms with Gasteiger partial charge < -0.3 is 10.5 Å². The van der Waals surface area contributed by atoms with Crippen molar-refractivity contribution in [1.29, 1.82) is 0 Å². The molecule has 2 heteroatoms. The minimum Gasteiger partial charge on any atom is -0.497 e. The third kappa shape index (κ3) is 5.77. The Morgan fingerprint density at radius 1 is 1.26 bits per heavy atom. The highest BCUT2D eigenvalue weighted by molar-refractivity contribution is 5.39. The second kappa shape index (κ2) is 8.81. The van der Waals surface area contributed by atoms with Gasteiger partial charge in [-0.1, -0.05) is 48.6 Å². The number of hydrogen-bond donors (Lipinski definition) is 1. The van der Waals surface area contributed by atoms with Crippen LogP contribution in [0, 0.1) is 0 Å². The fourth-order valence-corrected chi connectivity index (χ4v) is 1.51. The second-order valence-electron chi connectivity index (χ2n) is 4.10. The summed E-state index contributed by atoms with van der Waals surface area (Å²) in [7, 11) is 0. The van der Waals surface area contributed by atoms with Crippen molar-refractivity contribution in [2.24, 2.45) is 5.73 Å². The van der Waals surface area contributed by atoms with Crippen molar-refractivity contribution in [3.05, 3.63) is 83.8 Å². The number of rotatable bonds is 6. The lowest BCUT2D eigenvalue weighted by Gasteiger charge is -2.01. The monoisotopic (exact) mass is 255 g/mol. The fraction of sp³-hybridized carbons (Fsp3) is 0.176. The van der Waals surface area contributed by atoms with E-state index in [4.69, 9.17) is 10.5 Å². The van der Waals surface area contributed by atoms with E-state index >= 15 is 0 Å². The summed E-state index contributed by atoms with van der Waals surface area (Å²) in [6, 6.07) is 10.1. The van der Waals surface area contributed by atoms with Gasteiger partial charge in [-0.05, 0) is 42.8 Å². The maximum atomic E-state index is 5.52. The van der Waals surface area contributed by atoms with Gasteiger partial charge in [-0.2, -0.15) is 0 Å². The maximum absolute atomic E-state index is 5.52. The molecule has 0 unspecified atom stereocenters. The summed E-state index contributed by atoms with van der Waals surface area (Å²) in [5.74, 6) is 0. The van der Waals surface area contributed by atoms with E-state index in [1.54, 1.807) is 12.5 Å². The van der Waals surface area contributed by atoms with Crippen LogP contribution in [0.5, 0.6) is 0 Å². The Morgan fingerprint density at radius 2 is 2.00 bits per heavy atom. The number of nitrogens with two attached hydrogens (primary N) is 1. The highest BCUT2D eigenvalue weighted by Gasteiger charge is 1.92. The van der Waals surface area contributed by atoms with E-state index in [1.165, 1.54) is 0 Å². The van der Waals surface area contributed by atoms with Crippen molar-refractivity contribution >= 4 is 0 Å². The van der Waals surface area contributed by atoms with Crippen LogP contribution in [-0.4, -0.2) is 0 Å². The quantitative estimate of drug-likeness (QED) is 0.614. The van der Waals surface area contributed by atoms with Gasteiger partial charge >= 0.3 is 0 Å². The van der Waals surface area contributed by atoms with Crippen molar-refractivity contribution in [2.75, 3.05) is 0 Å². The van der Waals surface area contributed by atoms with Gasteiger partial charge in [0.15, 0.2) is 0 Å². The van der Waals surface area contributed by atoms with Crippen molar-refractivity contribution in [1.82, 2.24) is 0 Å². The molecule has 1 rings (SSSR count). The van der Waals surface area contributed by atoms with E-state index in [2.05, 4.69) is 0 Å². The summed E-state index contributed by atoms with van der Waals surface area (Å²) in [5, 5.41) is 0. The molecule has 0 aliphatic rings. The molecule has 0 aromatic heterocycles. The highest BCUT2D eigenvalue weighted by Crippen LogP contribution is 2.10. The molecule has 0 heterocycles. The van der Waals surface area contributed by atoms with Crippen molar-refractivity contribution in [2.45, 2.75) is 20.5 Å². The summed E-state index contributed by atoms with van der Waals surface area (Å²) < 4.78 is 5.46. The Morgan fingerprint density at radius 3 is 2.63 bits per heavy atom. The lowest BCUT2D eigenvalue weighted by Crippen LogP contribution is -1.87. The number of benzene rings is 1. The number of ether oxygens (including phenoxy) is 1. The summed E-state index contributed by atoms with van der Waals surface area (Å²) in [6.07, 6.45) is 11.2. The fourth-order valence-electron chi connectivity index (χ4n) is 1.51.